The molecule has 0 aliphatic heterocycles. The van der Waals surface area contributed by atoms with Crippen molar-refractivity contribution in [3.05, 3.63) is 64.1 Å². The molecule has 0 aromatic heterocycles. The number of carbonyl (C=O) groups is 1. The SMILES string of the molecule is COc1ccc(CNC(=O)C2CC2c2cccc(Br)c2)cc1. The second-order valence-corrected chi connectivity index (χ2v) is 6.49. The van der Waals surface area contributed by atoms with Crippen LogP contribution in [0.25, 0.3) is 0 Å². The highest BCUT2D eigenvalue weighted by atomic mass is 79.9. The van der Waals surface area contributed by atoms with Gasteiger partial charge in [0.1, 0.15) is 5.75 Å². The molecule has 1 N–H and O–H groups in total. The molecule has 3 nitrogen and oxygen atoms in total. The Morgan fingerprint density at radius 2 is 2.05 bits per heavy atom. The van der Waals surface area contributed by atoms with Gasteiger partial charge in [0.2, 0.25) is 5.91 Å². The van der Waals surface area contributed by atoms with Crippen molar-refractivity contribution in [3.63, 3.8) is 0 Å². The zero-order valence-electron chi connectivity index (χ0n) is 12.4. The third-order valence-electron chi connectivity index (χ3n) is 4.03. The van der Waals surface area contributed by atoms with E-state index in [1.54, 1.807) is 7.11 Å². The van der Waals surface area contributed by atoms with Gasteiger partial charge in [0.25, 0.3) is 0 Å². The molecule has 0 radical (unpaired) electrons. The number of hydrogen-bond donors (Lipinski definition) is 1. The van der Waals surface area contributed by atoms with Gasteiger partial charge < -0.3 is 10.1 Å². The topological polar surface area (TPSA) is 38.3 Å². The van der Waals surface area contributed by atoms with E-state index in [0.717, 1.165) is 22.2 Å². The molecule has 22 heavy (non-hydrogen) atoms. The van der Waals surface area contributed by atoms with E-state index in [4.69, 9.17) is 4.74 Å². The zero-order chi connectivity index (χ0) is 15.5. The maximum Gasteiger partial charge on any atom is 0.224 e. The number of methoxy groups -OCH3 is 1. The van der Waals surface area contributed by atoms with Crippen LogP contribution >= 0.6 is 15.9 Å². The molecule has 0 spiro atoms. The van der Waals surface area contributed by atoms with Crippen LogP contribution in [0.1, 0.15) is 23.5 Å². The third-order valence-corrected chi connectivity index (χ3v) is 4.52. The van der Waals surface area contributed by atoms with Crippen LogP contribution in [0, 0.1) is 5.92 Å². The molecular weight excluding hydrogens is 342 g/mol. The predicted octanol–water partition coefficient (Wildman–Crippen LogP) is 3.88. The molecule has 2 aromatic carbocycles. The minimum absolute atomic E-state index is 0.104. The van der Waals surface area contributed by atoms with E-state index in [-0.39, 0.29) is 11.8 Å². The van der Waals surface area contributed by atoms with Gasteiger partial charge in [-0.25, -0.2) is 0 Å². The number of halogens is 1. The van der Waals surface area contributed by atoms with Gasteiger partial charge in [0.05, 0.1) is 7.11 Å². The molecule has 0 heterocycles. The highest BCUT2D eigenvalue weighted by Gasteiger charge is 2.43. The maximum absolute atomic E-state index is 12.2. The number of benzene rings is 2. The number of ether oxygens (including phenoxy) is 1. The van der Waals surface area contributed by atoms with Gasteiger partial charge in [-0.2, -0.15) is 0 Å². The minimum Gasteiger partial charge on any atom is -0.497 e. The Kier molecular flexibility index (Phi) is 4.48. The van der Waals surface area contributed by atoms with E-state index in [9.17, 15) is 4.79 Å². The summed E-state index contributed by atoms with van der Waals surface area (Å²) in [5.41, 5.74) is 2.31. The average molecular weight is 360 g/mol. The van der Waals surface area contributed by atoms with E-state index in [1.807, 2.05) is 36.4 Å². The quantitative estimate of drug-likeness (QED) is 0.879. The summed E-state index contributed by atoms with van der Waals surface area (Å²) in [7, 11) is 1.64. The summed E-state index contributed by atoms with van der Waals surface area (Å²) in [5.74, 6) is 1.42. The molecule has 0 bridgehead atoms. The van der Waals surface area contributed by atoms with Crippen LogP contribution in [-0.2, 0) is 11.3 Å². The molecular formula is C18H18BrNO2. The lowest BCUT2D eigenvalue weighted by atomic mass is 10.1. The van der Waals surface area contributed by atoms with Gasteiger partial charge in [-0.1, -0.05) is 40.2 Å². The summed E-state index contributed by atoms with van der Waals surface area (Å²) in [5, 5.41) is 3.02. The molecule has 1 saturated carbocycles. The lowest BCUT2D eigenvalue weighted by molar-refractivity contribution is -0.122. The Labute approximate surface area is 138 Å². The molecule has 2 atom stereocenters. The molecule has 114 valence electrons. The lowest BCUT2D eigenvalue weighted by Gasteiger charge is -2.06. The Morgan fingerprint density at radius 3 is 2.73 bits per heavy atom. The first-order valence-electron chi connectivity index (χ1n) is 7.33. The molecule has 4 heteroatoms. The van der Waals surface area contributed by atoms with Crippen molar-refractivity contribution in [2.24, 2.45) is 5.92 Å². The summed E-state index contributed by atoms with van der Waals surface area (Å²) in [6.07, 6.45) is 0.935. The fraction of sp³-hybridized carbons (Fsp3) is 0.278. The molecule has 1 amide bonds. The first-order valence-corrected chi connectivity index (χ1v) is 8.13. The van der Waals surface area contributed by atoms with Gasteiger partial charge in [-0.15, -0.1) is 0 Å². The Balaban J connectivity index is 1.53. The summed E-state index contributed by atoms with van der Waals surface area (Å²) in [4.78, 5) is 12.2. The fourth-order valence-electron chi connectivity index (χ4n) is 2.65. The summed E-state index contributed by atoms with van der Waals surface area (Å²) in [6.45, 7) is 0.560. The van der Waals surface area contributed by atoms with Crippen molar-refractivity contribution >= 4 is 21.8 Å². The first kappa shape index (κ1) is 15.1. The summed E-state index contributed by atoms with van der Waals surface area (Å²) >= 11 is 3.48. The van der Waals surface area contributed by atoms with Crippen LogP contribution in [0.3, 0.4) is 0 Å². The fourth-order valence-corrected chi connectivity index (χ4v) is 3.07. The number of amides is 1. The van der Waals surface area contributed by atoms with E-state index in [2.05, 4.69) is 33.4 Å². The second-order valence-electron chi connectivity index (χ2n) is 5.57. The standard InChI is InChI=1S/C18H18BrNO2/c1-22-15-7-5-12(6-8-15)11-20-18(21)17-10-16(17)13-3-2-4-14(19)9-13/h2-9,16-17H,10-11H2,1H3,(H,20,21). The maximum atomic E-state index is 12.2. The van der Waals surface area contributed by atoms with Crippen molar-refractivity contribution in [2.45, 2.75) is 18.9 Å². The van der Waals surface area contributed by atoms with Crippen LogP contribution in [0.4, 0.5) is 0 Å². The van der Waals surface area contributed by atoms with E-state index >= 15 is 0 Å². The molecule has 3 rings (SSSR count). The Hall–Kier alpha value is -1.81. The van der Waals surface area contributed by atoms with E-state index in [1.165, 1.54) is 5.56 Å². The molecule has 2 unspecified atom stereocenters. The highest BCUT2D eigenvalue weighted by Crippen LogP contribution is 2.47. The monoisotopic (exact) mass is 359 g/mol. The number of nitrogens with one attached hydrogen (secondary N) is 1. The van der Waals surface area contributed by atoms with Crippen LogP contribution in [0.2, 0.25) is 0 Å². The molecule has 1 aliphatic carbocycles. The van der Waals surface area contributed by atoms with Crippen molar-refractivity contribution in [2.75, 3.05) is 7.11 Å². The minimum atomic E-state index is 0.104. The van der Waals surface area contributed by atoms with Crippen molar-refractivity contribution in [1.29, 1.82) is 0 Å². The van der Waals surface area contributed by atoms with Gasteiger partial charge in [-0.05, 0) is 47.7 Å². The number of hydrogen-bond acceptors (Lipinski definition) is 2. The second kappa shape index (κ2) is 6.53. The Bertz CT molecular complexity index is 669. The summed E-state index contributed by atoms with van der Waals surface area (Å²) < 4.78 is 6.19. The van der Waals surface area contributed by atoms with Gasteiger partial charge in [0, 0.05) is 16.9 Å². The van der Waals surface area contributed by atoms with Gasteiger partial charge >= 0.3 is 0 Å². The molecule has 0 saturated heterocycles. The van der Waals surface area contributed by atoms with Crippen LogP contribution in [0.15, 0.2) is 53.0 Å². The number of carbonyl (C=O) groups excluding carboxylic acids is 1. The van der Waals surface area contributed by atoms with Crippen molar-refractivity contribution in [1.82, 2.24) is 5.32 Å². The predicted molar refractivity (Wildman–Crippen MR) is 89.8 cm³/mol. The van der Waals surface area contributed by atoms with Crippen LogP contribution in [-0.4, -0.2) is 13.0 Å². The van der Waals surface area contributed by atoms with E-state index < -0.39 is 0 Å². The van der Waals surface area contributed by atoms with Crippen molar-refractivity contribution < 1.29 is 9.53 Å². The molecule has 1 aliphatic rings. The average Bonchev–Trinajstić information content (AvgIpc) is 3.34. The zero-order valence-corrected chi connectivity index (χ0v) is 14.0. The molecule has 2 aromatic rings. The van der Waals surface area contributed by atoms with Crippen LogP contribution in [0.5, 0.6) is 5.75 Å². The number of rotatable bonds is 5. The van der Waals surface area contributed by atoms with Gasteiger partial charge in [-0.3, -0.25) is 4.79 Å². The van der Waals surface area contributed by atoms with Crippen LogP contribution < -0.4 is 10.1 Å². The first-order chi connectivity index (χ1) is 10.7. The normalized spacial score (nSPS) is 19.5. The van der Waals surface area contributed by atoms with Crippen molar-refractivity contribution in [3.8, 4) is 5.75 Å². The Morgan fingerprint density at radius 1 is 1.27 bits per heavy atom. The third kappa shape index (κ3) is 3.50. The van der Waals surface area contributed by atoms with Gasteiger partial charge in [0.15, 0.2) is 0 Å². The lowest BCUT2D eigenvalue weighted by Crippen LogP contribution is -2.24. The molecule has 1 fully saturated rings. The van der Waals surface area contributed by atoms with E-state index in [0.29, 0.717) is 12.5 Å². The summed E-state index contributed by atoms with van der Waals surface area (Å²) in [6, 6.07) is 16.0. The smallest absolute Gasteiger partial charge is 0.224 e. The largest absolute Gasteiger partial charge is 0.497 e. The highest BCUT2D eigenvalue weighted by molar-refractivity contribution is 9.10.